The minimum atomic E-state index is -1.75. The lowest BCUT2D eigenvalue weighted by molar-refractivity contribution is 0.223. The fourth-order valence-electron chi connectivity index (χ4n) is 14.2. The summed E-state index contributed by atoms with van der Waals surface area (Å²) in [6, 6.07) is 3.96. The molecule has 0 spiro atoms. The van der Waals surface area contributed by atoms with Crippen LogP contribution in [0.2, 0.25) is 49.9 Å². The van der Waals surface area contributed by atoms with Gasteiger partial charge in [0.25, 0.3) is 0 Å². The van der Waals surface area contributed by atoms with Crippen molar-refractivity contribution < 1.29 is 32.6 Å². The molecule has 0 aliphatic heterocycles. The fraction of sp³-hybridized carbons (Fsp3) is 0.910. The zero-order valence-corrected chi connectivity index (χ0v) is 57.8. The van der Waals surface area contributed by atoms with Crippen LogP contribution >= 0.6 is 0 Å². The summed E-state index contributed by atoms with van der Waals surface area (Å²) in [5.74, 6) is 2.11. The Balaban J connectivity index is 2.63. The first-order valence-corrected chi connectivity index (χ1v) is 39.7. The molecule has 0 radical (unpaired) electrons. The van der Waals surface area contributed by atoms with Gasteiger partial charge >= 0.3 is 0 Å². The minimum absolute atomic E-state index is 0.0815. The van der Waals surface area contributed by atoms with E-state index in [1.165, 1.54) is 141 Å². The molecule has 0 bridgehead atoms. The van der Waals surface area contributed by atoms with Gasteiger partial charge in [-0.25, -0.2) is 0 Å². The molecular weight excluding hydrogens is 1000 g/mol. The van der Waals surface area contributed by atoms with Crippen LogP contribution in [0.3, 0.4) is 0 Å². The van der Waals surface area contributed by atoms with Gasteiger partial charge in [-0.1, -0.05) is 259 Å². The van der Waals surface area contributed by atoms with Crippen LogP contribution in [0.4, 0.5) is 0 Å². The van der Waals surface area contributed by atoms with Gasteiger partial charge in [-0.3, -0.25) is 0 Å². The largest absolute Gasteiger partial charge is 0.490 e. The van der Waals surface area contributed by atoms with Gasteiger partial charge in [-0.2, -0.15) is 0 Å². The molecule has 0 saturated carbocycles. The van der Waals surface area contributed by atoms with E-state index in [4.69, 9.17) is 27.5 Å². The van der Waals surface area contributed by atoms with E-state index in [9.17, 15) is 5.11 Å². The number of hydrogen-bond acceptors (Lipinski definition) is 7. The van der Waals surface area contributed by atoms with Crippen molar-refractivity contribution in [2.45, 2.75) is 354 Å². The molecular formula is C67H134O7Si3. The van der Waals surface area contributed by atoms with Crippen LogP contribution in [-0.2, 0) is 19.9 Å². The highest BCUT2D eigenvalue weighted by molar-refractivity contribution is 6.78. The normalized spacial score (nSPS) is 13.0. The zero-order valence-electron chi connectivity index (χ0n) is 54.8. The van der Waals surface area contributed by atoms with Crippen molar-refractivity contribution in [3.63, 3.8) is 0 Å². The lowest BCUT2D eigenvalue weighted by Crippen LogP contribution is -2.47. The summed E-state index contributed by atoms with van der Waals surface area (Å²) in [6.45, 7) is 47.5. The Morgan fingerprint density at radius 3 is 0.714 bits per heavy atom. The lowest BCUT2D eigenvalue weighted by Gasteiger charge is -2.42. The fourth-order valence-corrected chi connectivity index (χ4v) is 30.7. The van der Waals surface area contributed by atoms with Crippen LogP contribution in [0.15, 0.2) is 12.1 Å². The third-order valence-electron chi connectivity index (χ3n) is 18.1. The average molecular weight is 1140 g/mol. The summed E-state index contributed by atoms with van der Waals surface area (Å²) in [6.07, 6.45) is 33.3. The van der Waals surface area contributed by atoms with Gasteiger partial charge < -0.3 is 32.6 Å². The van der Waals surface area contributed by atoms with Crippen LogP contribution in [0.1, 0.15) is 304 Å². The van der Waals surface area contributed by atoms with Gasteiger partial charge in [0.05, 0.1) is 26.4 Å². The number of benzene rings is 1. The van der Waals surface area contributed by atoms with E-state index < -0.39 is 25.0 Å². The van der Waals surface area contributed by atoms with E-state index in [0.29, 0.717) is 81.2 Å². The van der Waals surface area contributed by atoms with Crippen LogP contribution in [0.25, 0.3) is 0 Å². The lowest BCUT2D eigenvalue weighted by atomic mass is 10.1. The highest BCUT2D eigenvalue weighted by Crippen LogP contribution is 2.45. The predicted molar refractivity (Wildman–Crippen MR) is 345 cm³/mol. The second-order valence-corrected chi connectivity index (χ2v) is 43.0. The van der Waals surface area contributed by atoms with E-state index in [-0.39, 0.29) is 6.61 Å². The number of aliphatic hydroxyl groups excluding tert-OH is 1. The Hall–Kier alpha value is -0.889. The molecule has 1 aromatic carbocycles. The van der Waals surface area contributed by atoms with E-state index in [2.05, 4.69) is 125 Å². The first-order chi connectivity index (χ1) is 36.7. The molecule has 10 heteroatoms. The number of hydrogen-bond donors (Lipinski definition) is 1. The molecule has 0 unspecified atom stereocenters. The van der Waals surface area contributed by atoms with Crippen molar-refractivity contribution in [3.05, 3.63) is 17.7 Å². The molecule has 0 aromatic heterocycles. The van der Waals surface area contributed by atoms with Crippen molar-refractivity contribution in [1.29, 1.82) is 0 Å². The number of unbranched alkanes of at least 4 members (excludes halogenated alkanes) is 24. The first-order valence-electron chi connectivity index (χ1n) is 33.3. The number of aliphatic hydroxyl groups is 1. The van der Waals surface area contributed by atoms with Crippen LogP contribution in [0, 0.1) is 0 Å². The summed E-state index contributed by atoms with van der Waals surface area (Å²) in [5, 5.41) is 10.5. The monoisotopic (exact) mass is 1130 g/mol. The molecule has 0 fully saturated rings. The van der Waals surface area contributed by atoms with Crippen LogP contribution < -0.4 is 14.2 Å². The van der Waals surface area contributed by atoms with Gasteiger partial charge in [0, 0.05) is 25.4 Å². The topological polar surface area (TPSA) is 75.6 Å². The molecule has 1 aromatic rings. The van der Waals surface area contributed by atoms with Gasteiger partial charge in [0.2, 0.25) is 5.75 Å². The molecule has 0 saturated heterocycles. The van der Waals surface area contributed by atoms with E-state index in [1.54, 1.807) is 0 Å². The van der Waals surface area contributed by atoms with E-state index >= 15 is 0 Å². The maximum absolute atomic E-state index is 10.5. The summed E-state index contributed by atoms with van der Waals surface area (Å²) < 4.78 is 40.0. The predicted octanol–water partition coefficient (Wildman–Crippen LogP) is 22.4. The Morgan fingerprint density at radius 1 is 0.273 bits per heavy atom. The summed E-state index contributed by atoms with van der Waals surface area (Å²) in [5.41, 5.74) is 6.68. The molecule has 0 atom stereocenters. The van der Waals surface area contributed by atoms with Gasteiger partial charge in [0.15, 0.2) is 36.5 Å². The summed E-state index contributed by atoms with van der Waals surface area (Å²) in [7, 11) is -5.25. The van der Waals surface area contributed by atoms with Crippen LogP contribution in [0.5, 0.6) is 17.2 Å². The van der Waals surface area contributed by atoms with Crippen molar-refractivity contribution in [3.8, 4) is 17.2 Å². The smallest absolute Gasteiger partial charge is 0.203 e. The number of rotatable bonds is 52. The third-order valence-corrected chi connectivity index (χ3v) is 36.5. The van der Waals surface area contributed by atoms with Crippen molar-refractivity contribution in [2.24, 2.45) is 0 Å². The highest BCUT2D eigenvalue weighted by atomic mass is 28.4. The maximum Gasteiger partial charge on any atom is 0.203 e. The highest BCUT2D eigenvalue weighted by Gasteiger charge is 2.46. The molecule has 0 aliphatic rings. The maximum atomic E-state index is 10.5. The van der Waals surface area contributed by atoms with Gasteiger partial charge in [0.1, 0.15) is 0 Å². The molecule has 1 N–H and O–H groups in total. The molecule has 0 aliphatic carbocycles. The zero-order chi connectivity index (χ0) is 57.7. The van der Waals surface area contributed by atoms with Crippen molar-refractivity contribution >= 4 is 25.0 Å². The molecule has 0 amide bonds. The molecule has 1 rings (SSSR count). The standard InChI is InChI=1S/C67H134O7Si3/c1-55(2)75(56(3)4,57(5)6)72-51-43-37-31-25-19-22-28-34-40-48-69-65-47-46-64(54-68)66(70-49-41-35-29-23-20-26-32-38-44-52-73-76(58(7)8,59(9)10)60(11)12)67(65)71-50-42-36-30-24-21-27-33-39-45-53-74-77(61(13)14,62(15)16)63(17)18/h46-47,55-63,68H,19-45,48-54H2,1-18H3. The SMILES string of the molecule is CC(C)[Si](OCCCCCCCCCCCOc1ccc(CO)c(OCCCCCCCCCCCO[Si](C(C)C)(C(C)C)C(C)C)c1OCCCCCCCCCCCO[Si](C(C)C)(C(C)C)C(C)C)(C(C)C)C(C)C. The molecule has 0 heterocycles. The van der Waals surface area contributed by atoms with E-state index in [0.717, 1.165) is 63.2 Å². The average Bonchev–Trinajstić information content (AvgIpc) is 3.36. The van der Waals surface area contributed by atoms with Gasteiger partial charge in [-0.15, -0.1) is 0 Å². The molecule has 77 heavy (non-hydrogen) atoms. The second-order valence-electron chi connectivity index (χ2n) is 26.6. The summed E-state index contributed by atoms with van der Waals surface area (Å²) >= 11 is 0. The van der Waals surface area contributed by atoms with Crippen molar-refractivity contribution in [2.75, 3.05) is 39.6 Å². The van der Waals surface area contributed by atoms with Crippen molar-refractivity contribution in [1.82, 2.24) is 0 Å². The Bertz CT molecular complexity index is 1480. The Kier molecular flexibility index (Phi) is 41.3. The first kappa shape index (κ1) is 74.1. The molecule has 7 nitrogen and oxygen atoms in total. The molecule has 456 valence electrons. The Labute approximate surface area is 484 Å². The second kappa shape index (κ2) is 42.9. The quantitative estimate of drug-likeness (QED) is 0.0514. The minimum Gasteiger partial charge on any atom is -0.490 e. The third kappa shape index (κ3) is 26.5. The number of ether oxygens (including phenoxy) is 3. The van der Waals surface area contributed by atoms with Gasteiger partial charge in [-0.05, 0) is 101 Å². The Morgan fingerprint density at radius 2 is 0.481 bits per heavy atom. The summed E-state index contributed by atoms with van der Waals surface area (Å²) in [4.78, 5) is 0. The van der Waals surface area contributed by atoms with Crippen LogP contribution in [-0.4, -0.2) is 69.7 Å². The van der Waals surface area contributed by atoms with E-state index in [1.807, 2.05) is 12.1 Å².